The zero-order chi connectivity index (χ0) is 21.8. The molecule has 1 fully saturated rings. The Morgan fingerprint density at radius 2 is 1.74 bits per heavy atom. The maximum atomic E-state index is 12.7. The van der Waals surface area contributed by atoms with E-state index in [1.165, 1.54) is 5.69 Å². The van der Waals surface area contributed by atoms with Crippen molar-refractivity contribution in [3.05, 3.63) is 65.9 Å². The van der Waals surface area contributed by atoms with Crippen molar-refractivity contribution in [1.82, 2.24) is 9.88 Å². The van der Waals surface area contributed by atoms with Crippen LogP contribution in [0, 0.1) is 6.92 Å². The van der Waals surface area contributed by atoms with Crippen molar-refractivity contribution in [3.8, 4) is 5.75 Å². The summed E-state index contributed by atoms with van der Waals surface area (Å²) in [6.07, 6.45) is 0. The summed E-state index contributed by atoms with van der Waals surface area (Å²) in [5, 5.41) is 9.82. The Hall–Kier alpha value is -3.45. The molecule has 3 aromatic rings. The molecule has 2 heterocycles. The van der Waals surface area contributed by atoms with Crippen LogP contribution < -0.4 is 9.64 Å². The van der Waals surface area contributed by atoms with Gasteiger partial charge < -0.3 is 14.7 Å². The molecule has 2 aromatic carbocycles. The lowest BCUT2D eigenvalue weighted by molar-refractivity contribution is -0.139. The largest absolute Gasteiger partial charge is 0.482 e. The number of anilines is 1. The standard InChI is InChI=1S/C24H25N3O4/c1-17-14-22(20-4-2-3-5-21(20)25-17)27-12-10-26(11-13-27)15-23(28)18-6-8-19(9-7-18)31-16-24(29)30/h2-9,14H,10-13,15-16H2,1H3,(H,29,30). The number of nitrogens with zero attached hydrogens (tertiary/aromatic N) is 3. The summed E-state index contributed by atoms with van der Waals surface area (Å²) in [6.45, 7) is 5.29. The molecule has 0 unspecified atom stereocenters. The Balaban J connectivity index is 1.35. The van der Waals surface area contributed by atoms with Gasteiger partial charge in [-0.05, 0) is 43.3 Å². The first-order valence-electron chi connectivity index (χ1n) is 10.3. The third-order valence-electron chi connectivity index (χ3n) is 5.44. The van der Waals surface area contributed by atoms with Crippen LogP contribution in [0.25, 0.3) is 10.9 Å². The maximum absolute atomic E-state index is 12.7. The number of piperazine rings is 1. The quantitative estimate of drug-likeness (QED) is 0.590. The lowest BCUT2D eigenvalue weighted by atomic mass is 10.1. The molecule has 7 heteroatoms. The molecule has 1 aromatic heterocycles. The van der Waals surface area contributed by atoms with Crippen LogP contribution in [0.15, 0.2) is 54.6 Å². The summed E-state index contributed by atoms with van der Waals surface area (Å²) < 4.78 is 5.11. The fourth-order valence-electron chi connectivity index (χ4n) is 3.87. The summed E-state index contributed by atoms with van der Waals surface area (Å²) >= 11 is 0. The Kier molecular flexibility index (Phi) is 6.13. The summed E-state index contributed by atoms with van der Waals surface area (Å²) in [5.41, 5.74) is 3.81. The number of hydrogen-bond donors (Lipinski definition) is 1. The highest BCUT2D eigenvalue weighted by Crippen LogP contribution is 2.27. The number of hydrogen-bond acceptors (Lipinski definition) is 6. The monoisotopic (exact) mass is 419 g/mol. The lowest BCUT2D eigenvalue weighted by Gasteiger charge is -2.36. The van der Waals surface area contributed by atoms with Gasteiger partial charge in [0, 0.05) is 48.5 Å². The van der Waals surface area contributed by atoms with E-state index in [1.807, 2.05) is 25.1 Å². The highest BCUT2D eigenvalue weighted by molar-refractivity contribution is 5.97. The van der Waals surface area contributed by atoms with Crippen molar-refractivity contribution >= 4 is 28.3 Å². The van der Waals surface area contributed by atoms with Gasteiger partial charge in [0.1, 0.15) is 5.75 Å². The Bertz CT molecular complexity index is 1090. The van der Waals surface area contributed by atoms with Gasteiger partial charge in [-0.1, -0.05) is 18.2 Å². The number of carboxylic acids is 1. The molecule has 160 valence electrons. The van der Waals surface area contributed by atoms with E-state index >= 15 is 0 Å². The number of rotatable bonds is 7. The normalized spacial score (nSPS) is 14.5. The molecule has 1 aliphatic rings. The number of pyridine rings is 1. The van der Waals surface area contributed by atoms with Crippen molar-refractivity contribution in [2.45, 2.75) is 6.92 Å². The van der Waals surface area contributed by atoms with E-state index in [0.717, 1.165) is 42.8 Å². The number of fused-ring (bicyclic) bond motifs is 1. The zero-order valence-corrected chi connectivity index (χ0v) is 17.5. The number of carboxylic acid groups (broad SMARTS) is 1. The molecule has 0 spiro atoms. The minimum Gasteiger partial charge on any atom is -0.482 e. The van der Waals surface area contributed by atoms with Gasteiger partial charge >= 0.3 is 5.97 Å². The van der Waals surface area contributed by atoms with Crippen LogP contribution in [0.5, 0.6) is 5.75 Å². The summed E-state index contributed by atoms with van der Waals surface area (Å²) in [5.74, 6) is -0.551. The van der Waals surface area contributed by atoms with Crippen LogP contribution in [-0.2, 0) is 4.79 Å². The van der Waals surface area contributed by atoms with Crippen LogP contribution in [-0.4, -0.2) is 66.1 Å². The molecule has 1 aliphatic heterocycles. The molecule has 7 nitrogen and oxygen atoms in total. The van der Waals surface area contributed by atoms with Gasteiger partial charge in [-0.2, -0.15) is 0 Å². The van der Waals surface area contributed by atoms with E-state index in [2.05, 4.69) is 26.9 Å². The molecular formula is C24H25N3O4. The van der Waals surface area contributed by atoms with Crippen LogP contribution in [0.1, 0.15) is 16.1 Å². The number of aromatic nitrogens is 1. The van der Waals surface area contributed by atoms with Crippen molar-refractivity contribution in [2.24, 2.45) is 0 Å². The minimum atomic E-state index is -1.03. The number of ether oxygens (including phenoxy) is 1. The molecule has 0 amide bonds. The first-order valence-corrected chi connectivity index (χ1v) is 10.3. The number of aryl methyl sites for hydroxylation is 1. The number of carbonyl (C=O) groups excluding carboxylic acids is 1. The molecule has 0 bridgehead atoms. The molecule has 1 saturated heterocycles. The first kappa shape index (κ1) is 20.8. The van der Waals surface area contributed by atoms with Crippen LogP contribution in [0.4, 0.5) is 5.69 Å². The summed E-state index contributed by atoms with van der Waals surface area (Å²) in [7, 11) is 0. The second kappa shape index (κ2) is 9.14. The van der Waals surface area contributed by atoms with Crippen molar-refractivity contribution in [3.63, 3.8) is 0 Å². The number of Topliss-reactive ketones (excluding diaryl/α,β-unsaturated/α-hetero) is 1. The number of benzene rings is 2. The molecule has 1 N–H and O–H groups in total. The van der Waals surface area contributed by atoms with Crippen LogP contribution in [0.2, 0.25) is 0 Å². The van der Waals surface area contributed by atoms with E-state index < -0.39 is 12.6 Å². The predicted octanol–water partition coefficient (Wildman–Crippen LogP) is 3.01. The molecule has 0 atom stereocenters. The Labute approximate surface area is 180 Å². The average molecular weight is 419 g/mol. The molecule has 0 radical (unpaired) electrons. The van der Waals surface area contributed by atoms with E-state index in [9.17, 15) is 9.59 Å². The average Bonchev–Trinajstić information content (AvgIpc) is 2.78. The molecule has 0 saturated carbocycles. The van der Waals surface area contributed by atoms with E-state index in [0.29, 0.717) is 17.9 Å². The number of carbonyl (C=O) groups is 2. The third-order valence-corrected chi connectivity index (χ3v) is 5.44. The van der Waals surface area contributed by atoms with Gasteiger partial charge in [0.05, 0.1) is 12.1 Å². The Morgan fingerprint density at radius 3 is 2.45 bits per heavy atom. The minimum absolute atomic E-state index is 0.0449. The molecule has 31 heavy (non-hydrogen) atoms. The van der Waals surface area contributed by atoms with Gasteiger partial charge in [-0.15, -0.1) is 0 Å². The van der Waals surface area contributed by atoms with Crippen molar-refractivity contribution < 1.29 is 19.4 Å². The summed E-state index contributed by atoms with van der Waals surface area (Å²) in [4.78, 5) is 32.4. The van der Waals surface area contributed by atoms with Gasteiger partial charge in [0.15, 0.2) is 12.4 Å². The Morgan fingerprint density at radius 1 is 1.03 bits per heavy atom. The molecular weight excluding hydrogens is 394 g/mol. The highest BCUT2D eigenvalue weighted by Gasteiger charge is 2.21. The van der Waals surface area contributed by atoms with Gasteiger partial charge in [-0.25, -0.2) is 4.79 Å². The van der Waals surface area contributed by atoms with Crippen LogP contribution in [0.3, 0.4) is 0 Å². The zero-order valence-electron chi connectivity index (χ0n) is 17.5. The van der Waals surface area contributed by atoms with E-state index in [4.69, 9.17) is 9.84 Å². The van der Waals surface area contributed by atoms with E-state index in [-0.39, 0.29) is 5.78 Å². The molecule has 0 aliphatic carbocycles. The third kappa shape index (κ3) is 5.00. The van der Waals surface area contributed by atoms with Crippen molar-refractivity contribution in [1.29, 1.82) is 0 Å². The van der Waals surface area contributed by atoms with Crippen molar-refractivity contribution in [2.75, 3.05) is 44.2 Å². The fourth-order valence-corrected chi connectivity index (χ4v) is 3.87. The number of ketones is 1. The number of para-hydroxylation sites is 1. The van der Waals surface area contributed by atoms with Gasteiger partial charge in [0.2, 0.25) is 0 Å². The highest BCUT2D eigenvalue weighted by atomic mass is 16.5. The van der Waals surface area contributed by atoms with Gasteiger partial charge in [-0.3, -0.25) is 14.7 Å². The second-order valence-electron chi connectivity index (χ2n) is 7.69. The smallest absolute Gasteiger partial charge is 0.341 e. The second-order valence-corrected chi connectivity index (χ2v) is 7.69. The SMILES string of the molecule is Cc1cc(N2CCN(CC(=O)c3ccc(OCC(=O)O)cc3)CC2)c2ccccc2n1. The number of aliphatic carboxylic acids is 1. The summed E-state index contributed by atoms with van der Waals surface area (Å²) in [6, 6.07) is 17.0. The molecule has 4 rings (SSSR count). The maximum Gasteiger partial charge on any atom is 0.341 e. The van der Waals surface area contributed by atoms with E-state index in [1.54, 1.807) is 24.3 Å². The lowest BCUT2D eigenvalue weighted by Crippen LogP contribution is -2.48. The van der Waals surface area contributed by atoms with Crippen LogP contribution >= 0.6 is 0 Å². The predicted molar refractivity (Wildman–Crippen MR) is 119 cm³/mol. The first-order chi connectivity index (χ1) is 15.0. The van der Waals surface area contributed by atoms with Gasteiger partial charge in [0.25, 0.3) is 0 Å². The fraction of sp³-hybridized carbons (Fsp3) is 0.292. The topological polar surface area (TPSA) is 83.0 Å².